The van der Waals surface area contributed by atoms with Crippen molar-refractivity contribution in [3.05, 3.63) is 424 Å². The van der Waals surface area contributed by atoms with E-state index in [1.807, 2.05) is 95.5 Å². The second-order valence-electron chi connectivity index (χ2n) is 28.9. The quantitative estimate of drug-likeness (QED) is 0.101. The molecule has 0 radical (unpaired) electrons. The van der Waals surface area contributed by atoms with E-state index in [4.69, 9.17) is 81.2 Å². The third-order valence-corrected chi connectivity index (χ3v) is 27.8. The van der Waals surface area contributed by atoms with Gasteiger partial charge in [0.05, 0.1) is 58.6 Å². The van der Waals surface area contributed by atoms with Gasteiger partial charge in [0.1, 0.15) is 0 Å². The number of nitrogens with zero attached hydrogens (tertiary/aromatic N) is 4. The second kappa shape index (κ2) is 36.2. The highest BCUT2D eigenvalue weighted by molar-refractivity contribution is 9.10. The van der Waals surface area contributed by atoms with Crippen LogP contribution in [0.15, 0.2) is 344 Å². The third kappa shape index (κ3) is 17.2. The SMILES string of the molecule is Cc1cc(C)c(Cc2cccc(N(c3ccccc3)c3ccc4c(c3)sc3ccccc34)c2Cl)c(C)c1.Cc1cc(C)c(N(c2cccc(Cl)c2)c2cccc(N(c3ccccc3)c3ccc4c(c3)sc3ccccc34)c2Cl)c(C)c1.Clc1cccc(Br)c1Cl.Clc1cccc(N(c2ccccc2)c2ccc3c(c2)sc2ccccc23)c1Cl. The van der Waals surface area contributed by atoms with Gasteiger partial charge in [0, 0.05) is 110 Å². The van der Waals surface area contributed by atoms with Crippen LogP contribution >= 0.6 is 131 Å². The van der Waals surface area contributed by atoms with Gasteiger partial charge in [0.15, 0.2) is 0 Å². The predicted octanol–water partition coefficient (Wildman–Crippen LogP) is 36.5. The minimum atomic E-state index is 0.544. The average Bonchev–Trinajstić information content (AvgIpc) is 1.32. The number of anilines is 12. The molecule has 0 saturated carbocycles. The van der Waals surface area contributed by atoms with Crippen LogP contribution in [0.25, 0.3) is 60.5 Å². The lowest BCUT2D eigenvalue weighted by Gasteiger charge is -2.32. The molecule has 19 rings (SSSR count). The zero-order valence-electron chi connectivity index (χ0n) is 65.1. The highest BCUT2D eigenvalue weighted by atomic mass is 79.9. The van der Waals surface area contributed by atoms with Crippen molar-refractivity contribution in [2.24, 2.45) is 0 Å². The minimum Gasteiger partial charge on any atom is -0.309 e. The summed E-state index contributed by atoms with van der Waals surface area (Å²) < 4.78 is 8.48. The first-order valence-corrected chi connectivity index (χ1v) is 44.3. The van der Waals surface area contributed by atoms with Crippen molar-refractivity contribution in [3.63, 3.8) is 0 Å². The molecule has 0 amide bonds. The summed E-state index contributed by atoms with van der Waals surface area (Å²) in [6.45, 7) is 13.0. The number of hydrogen-bond donors (Lipinski definition) is 0. The molecular formula is C103H76BrCl7N4S3. The van der Waals surface area contributed by atoms with Crippen LogP contribution < -0.4 is 19.6 Å². The van der Waals surface area contributed by atoms with Gasteiger partial charge >= 0.3 is 0 Å². The Kier molecular flexibility index (Phi) is 25.1. The largest absolute Gasteiger partial charge is 0.309 e. The summed E-state index contributed by atoms with van der Waals surface area (Å²) in [6, 6.07) is 118. The lowest BCUT2D eigenvalue weighted by Crippen LogP contribution is -2.16. The van der Waals surface area contributed by atoms with Crippen molar-refractivity contribution in [1.29, 1.82) is 0 Å². The van der Waals surface area contributed by atoms with Crippen LogP contribution in [0, 0.1) is 41.5 Å². The molecule has 0 aliphatic heterocycles. The Morgan fingerprint density at radius 2 is 0.585 bits per heavy atom. The molecule has 16 aromatic carbocycles. The van der Waals surface area contributed by atoms with E-state index in [-0.39, 0.29) is 0 Å². The first-order valence-electron chi connectivity index (χ1n) is 38.4. The van der Waals surface area contributed by atoms with E-state index in [9.17, 15) is 0 Å². The highest BCUT2D eigenvalue weighted by Crippen LogP contribution is 2.52. The first kappa shape index (κ1) is 81.6. The van der Waals surface area contributed by atoms with Crippen LogP contribution in [0.5, 0.6) is 0 Å². The monoisotopic (exact) mass is 1790 g/mol. The van der Waals surface area contributed by atoms with Gasteiger partial charge in [-0.2, -0.15) is 0 Å². The Morgan fingerprint density at radius 3 is 1.01 bits per heavy atom. The molecule has 582 valence electrons. The Morgan fingerprint density at radius 1 is 0.254 bits per heavy atom. The van der Waals surface area contributed by atoms with E-state index in [1.165, 1.54) is 99.5 Å². The van der Waals surface area contributed by atoms with Gasteiger partial charge in [0.2, 0.25) is 0 Å². The number of halogens is 8. The maximum absolute atomic E-state index is 7.54. The Labute approximate surface area is 744 Å². The molecule has 0 atom stereocenters. The number of rotatable bonds is 14. The fourth-order valence-corrected chi connectivity index (χ4v) is 21.0. The molecule has 0 bridgehead atoms. The molecule has 0 fully saturated rings. The number of thiophene rings is 3. The van der Waals surface area contributed by atoms with Gasteiger partial charge in [-0.05, 0) is 249 Å². The molecule has 15 heteroatoms. The van der Waals surface area contributed by atoms with Crippen molar-refractivity contribution < 1.29 is 0 Å². The van der Waals surface area contributed by atoms with Crippen molar-refractivity contribution in [2.75, 3.05) is 19.6 Å². The van der Waals surface area contributed by atoms with E-state index in [0.29, 0.717) is 30.1 Å². The zero-order valence-corrected chi connectivity index (χ0v) is 74.4. The number of para-hydroxylation sites is 3. The van der Waals surface area contributed by atoms with Crippen molar-refractivity contribution in [3.8, 4) is 0 Å². The molecule has 3 heterocycles. The van der Waals surface area contributed by atoms with Crippen LogP contribution in [-0.4, -0.2) is 0 Å². The molecule has 4 nitrogen and oxygen atoms in total. The molecule has 19 aromatic rings. The van der Waals surface area contributed by atoms with E-state index in [2.05, 4.69) is 338 Å². The lowest BCUT2D eigenvalue weighted by molar-refractivity contribution is 1.11. The van der Waals surface area contributed by atoms with E-state index >= 15 is 0 Å². The van der Waals surface area contributed by atoms with Crippen LogP contribution in [0.2, 0.25) is 35.2 Å². The van der Waals surface area contributed by atoms with Gasteiger partial charge in [-0.25, -0.2) is 0 Å². The molecule has 0 saturated heterocycles. The first-order chi connectivity index (χ1) is 57.3. The van der Waals surface area contributed by atoms with Crippen LogP contribution in [0.4, 0.5) is 68.2 Å². The average molecular weight is 1790 g/mol. The normalized spacial score (nSPS) is 11.2. The summed E-state index contributed by atoms with van der Waals surface area (Å²) in [5, 5.41) is 12.1. The van der Waals surface area contributed by atoms with E-state index in [0.717, 1.165) is 89.7 Å². The highest BCUT2D eigenvalue weighted by Gasteiger charge is 2.27. The molecule has 0 aliphatic carbocycles. The summed E-state index contributed by atoms with van der Waals surface area (Å²) in [5.74, 6) is 0. The zero-order chi connectivity index (χ0) is 81.8. The van der Waals surface area contributed by atoms with Gasteiger partial charge in [-0.15, -0.1) is 34.0 Å². The molecule has 3 aromatic heterocycles. The third-order valence-electron chi connectivity index (χ3n) is 20.9. The van der Waals surface area contributed by atoms with Crippen LogP contribution in [0.1, 0.15) is 44.5 Å². The minimum absolute atomic E-state index is 0.544. The molecule has 0 aliphatic rings. The number of hydrogen-bond acceptors (Lipinski definition) is 7. The van der Waals surface area contributed by atoms with E-state index < -0.39 is 0 Å². The van der Waals surface area contributed by atoms with Crippen molar-refractivity contribution in [2.45, 2.75) is 48.0 Å². The number of benzene rings is 16. The molecule has 0 spiro atoms. The second-order valence-corrected chi connectivity index (χ2v) is 35.8. The number of fused-ring (bicyclic) bond motifs is 9. The van der Waals surface area contributed by atoms with Crippen LogP contribution in [0.3, 0.4) is 0 Å². The molecular weight excluding hydrogens is 1720 g/mol. The van der Waals surface area contributed by atoms with Gasteiger partial charge in [-0.1, -0.05) is 280 Å². The summed E-state index contributed by atoms with van der Waals surface area (Å²) in [6.07, 6.45) is 0.808. The van der Waals surface area contributed by atoms with Crippen LogP contribution in [-0.2, 0) is 6.42 Å². The summed E-state index contributed by atoms with van der Waals surface area (Å²) in [5.41, 5.74) is 22.0. The Bertz CT molecular complexity index is 6840. The maximum Gasteiger partial charge on any atom is 0.0887 e. The predicted molar refractivity (Wildman–Crippen MR) is 524 cm³/mol. The van der Waals surface area contributed by atoms with Gasteiger partial charge in [0.25, 0.3) is 0 Å². The van der Waals surface area contributed by atoms with E-state index in [1.54, 1.807) is 17.4 Å². The fraction of sp³-hybridized carbons (Fsp3) is 0.0680. The number of aryl methyl sites for hydroxylation is 6. The Balaban J connectivity index is 0.000000128. The smallest absolute Gasteiger partial charge is 0.0887 e. The standard InChI is InChI=1S/C39H30Cl2N2S.C34H28ClNS.C24H15Cl2NS.C6H3BrCl2/c1-25-21-26(2)39(27(3)22-25)43(30-14-9-11-28(40)23-30)35-17-10-16-34(38(35)41)42(29-12-5-4-6-13-29)31-19-20-33-32-15-7-8-18-36(32)44-37(33)24-31;1-22-18-23(2)30(24(3)19-22)20-25-10-9-14-31(34(25)35)36(26-11-5-4-6-12-26)27-16-17-29-28-13-7-8-15-32(28)37-33(29)21-27;25-20-10-6-11-21(24(20)26)27(16-7-2-1-3-8-16)17-13-14-19-18-9-4-5-12-22(18)28-23(19)15-17;7-4-2-1-3-5(8)6(4)9/h4-24H,1-3H3;4-19,21H,20H2,1-3H3;1-15H;1-3H. The summed E-state index contributed by atoms with van der Waals surface area (Å²) >= 11 is 54.3. The summed E-state index contributed by atoms with van der Waals surface area (Å²) in [7, 11) is 0. The van der Waals surface area contributed by atoms with Gasteiger partial charge < -0.3 is 19.6 Å². The maximum atomic E-state index is 7.54. The fourth-order valence-electron chi connectivity index (χ4n) is 15.7. The molecule has 0 N–H and O–H groups in total. The van der Waals surface area contributed by atoms with Crippen molar-refractivity contribution >= 4 is 260 Å². The Hall–Kier alpha value is -10.1. The van der Waals surface area contributed by atoms with Crippen molar-refractivity contribution in [1.82, 2.24) is 0 Å². The lowest BCUT2D eigenvalue weighted by atomic mass is 9.94. The summed E-state index contributed by atoms with van der Waals surface area (Å²) in [4.78, 5) is 8.92. The molecule has 118 heavy (non-hydrogen) atoms. The van der Waals surface area contributed by atoms with Gasteiger partial charge in [-0.3, -0.25) is 0 Å². The molecule has 0 unspecified atom stereocenters. The topological polar surface area (TPSA) is 13.0 Å².